The van der Waals surface area contributed by atoms with E-state index in [2.05, 4.69) is 0 Å². The molecule has 1 heterocycles. The summed E-state index contributed by atoms with van der Waals surface area (Å²) in [5.41, 5.74) is 0. The van der Waals surface area contributed by atoms with Crippen molar-refractivity contribution in [3.8, 4) is 0 Å². The minimum absolute atomic E-state index is 1.10. The lowest BCUT2D eigenvalue weighted by molar-refractivity contribution is 0.602. The van der Waals surface area contributed by atoms with Crippen LogP contribution in [0.25, 0.3) is 0 Å². The molecule has 1 rings (SSSR count). The molecule has 0 aromatic rings. The normalized spacial score (nSPS) is 26.2. The lowest BCUT2D eigenvalue weighted by atomic mass is 11.0. The molecule has 0 spiro atoms. The van der Waals surface area contributed by atoms with Gasteiger partial charge >= 0.3 is 0 Å². The fourth-order valence-corrected chi connectivity index (χ4v) is 0.0577. The maximum Gasteiger partial charge on any atom is 0.0271 e. The molecule has 2 N–H and O–H groups in total. The van der Waals surface area contributed by atoms with Crippen LogP contribution < -0.4 is 5.84 Å². The quantitative estimate of drug-likeness (QED) is 0.291. The van der Waals surface area contributed by atoms with E-state index in [1.54, 1.807) is 5.01 Å². The van der Waals surface area contributed by atoms with E-state index < -0.39 is 0 Å². The third-order valence-electron chi connectivity index (χ3n) is 0.482. The summed E-state index contributed by atoms with van der Waals surface area (Å²) in [7, 11) is 0. The van der Waals surface area contributed by atoms with Crippen LogP contribution in [0.2, 0.25) is 0 Å². The van der Waals surface area contributed by atoms with Gasteiger partial charge < -0.3 is 0 Å². The van der Waals surface area contributed by atoms with E-state index in [1.807, 2.05) is 0 Å². The molecule has 0 aromatic carbocycles. The van der Waals surface area contributed by atoms with E-state index in [4.69, 9.17) is 5.84 Å². The zero-order valence-corrected chi connectivity index (χ0v) is 2.44. The van der Waals surface area contributed by atoms with Gasteiger partial charge in [-0.25, -0.2) is 5.01 Å². The van der Waals surface area contributed by atoms with Crippen LogP contribution in [0.4, 0.5) is 0 Å². The first-order valence-electron chi connectivity index (χ1n) is 1.39. The van der Waals surface area contributed by atoms with Gasteiger partial charge in [0, 0.05) is 13.1 Å². The van der Waals surface area contributed by atoms with Gasteiger partial charge in [0.1, 0.15) is 0 Å². The second-order valence-corrected chi connectivity index (χ2v) is 1.04. The lowest BCUT2D eigenvalue weighted by Crippen LogP contribution is -2.02. The summed E-state index contributed by atoms with van der Waals surface area (Å²) in [5.74, 6) is 5.06. The molecule has 1 saturated heterocycles. The number of nitrogens with zero attached hydrogens (tertiary/aromatic N) is 1. The molecule has 2 nitrogen and oxygen atoms in total. The molecule has 0 aromatic heterocycles. The smallest absolute Gasteiger partial charge is 0.0271 e. The van der Waals surface area contributed by atoms with Crippen molar-refractivity contribution in [1.82, 2.24) is 5.01 Å². The molecule has 0 unspecified atom stereocenters. The topological polar surface area (TPSA) is 29.0 Å². The van der Waals surface area contributed by atoms with E-state index >= 15 is 0 Å². The van der Waals surface area contributed by atoms with Crippen molar-refractivity contribution < 1.29 is 0 Å². The number of hydrogen-bond acceptors (Lipinski definition) is 2. The summed E-state index contributed by atoms with van der Waals surface area (Å²) < 4.78 is 0. The third-order valence-corrected chi connectivity index (χ3v) is 0.482. The van der Waals surface area contributed by atoms with Crippen LogP contribution in [-0.2, 0) is 0 Å². The van der Waals surface area contributed by atoms with Gasteiger partial charge in [-0.2, -0.15) is 0 Å². The SMILES string of the molecule is NN1CC1. The van der Waals surface area contributed by atoms with Crippen molar-refractivity contribution >= 4 is 0 Å². The average molecular weight is 58.1 g/mol. The van der Waals surface area contributed by atoms with Gasteiger partial charge in [-0.15, -0.1) is 0 Å². The largest absolute Gasteiger partial charge is 0.269 e. The summed E-state index contributed by atoms with van der Waals surface area (Å²) in [6.45, 7) is 2.19. The molecule has 0 bridgehead atoms. The maximum atomic E-state index is 5.06. The van der Waals surface area contributed by atoms with Crippen molar-refractivity contribution in [2.24, 2.45) is 5.84 Å². The Balaban J connectivity index is 2.17. The molecule has 24 valence electrons. The number of rotatable bonds is 0. The van der Waals surface area contributed by atoms with Gasteiger partial charge in [0.15, 0.2) is 0 Å². The molecule has 1 fully saturated rings. The molecule has 1 aliphatic heterocycles. The first kappa shape index (κ1) is 2.18. The van der Waals surface area contributed by atoms with E-state index in [9.17, 15) is 0 Å². The van der Waals surface area contributed by atoms with Gasteiger partial charge in [-0.3, -0.25) is 5.84 Å². The number of hydrogen-bond donors (Lipinski definition) is 1. The lowest BCUT2D eigenvalue weighted by Gasteiger charge is -1.69. The van der Waals surface area contributed by atoms with E-state index in [-0.39, 0.29) is 0 Å². The zero-order chi connectivity index (χ0) is 2.99. The van der Waals surface area contributed by atoms with Crippen LogP contribution in [0.3, 0.4) is 0 Å². The zero-order valence-electron chi connectivity index (χ0n) is 2.44. The van der Waals surface area contributed by atoms with Crippen LogP contribution in [0.1, 0.15) is 0 Å². The predicted molar refractivity (Wildman–Crippen MR) is 15.8 cm³/mol. The Morgan fingerprint density at radius 1 is 1.50 bits per heavy atom. The van der Waals surface area contributed by atoms with Crippen LogP contribution in [-0.4, -0.2) is 18.1 Å². The molecule has 0 saturated carbocycles. The second-order valence-electron chi connectivity index (χ2n) is 1.04. The summed E-state index contributed by atoms with van der Waals surface area (Å²) in [4.78, 5) is 0. The minimum atomic E-state index is 1.10. The Hall–Kier alpha value is -0.0800. The fraction of sp³-hybridized carbons (Fsp3) is 1.00. The summed E-state index contributed by atoms with van der Waals surface area (Å²) in [6, 6.07) is 0. The highest BCUT2D eigenvalue weighted by atomic mass is 15.5. The predicted octanol–water partition coefficient (Wildman–Crippen LogP) is -0.824. The first-order valence-corrected chi connectivity index (χ1v) is 1.39. The fourth-order valence-electron chi connectivity index (χ4n) is 0.0577. The highest BCUT2D eigenvalue weighted by Crippen LogP contribution is 1.88. The molecular weight excluding hydrogens is 52.0 g/mol. The number of hydrazine groups is 1. The maximum absolute atomic E-state index is 5.06. The highest BCUT2D eigenvalue weighted by molar-refractivity contribution is 4.61. The van der Waals surface area contributed by atoms with Crippen LogP contribution in [0, 0.1) is 0 Å². The Morgan fingerprint density at radius 2 is 1.75 bits per heavy atom. The Morgan fingerprint density at radius 3 is 1.75 bits per heavy atom. The van der Waals surface area contributed by atoms with Gasteiger partial charge in [0.2, 0.25) is 0 Å². The molecule has 0 amide bonds. The molecule has 4 heavy (non-hydrogen) atoms. The van der Waals surface area contributed by atoms with E-state index in [0.29, 0.717) is 0 Å². The van der Waals surface area contributed by atoms with Gasteiger partial charge in [-0.1, -0.05) is 0 Å². The van der Waals surface area contributed by atoms with Crippen molar-refractivity contribution in [3.05, 3.63) is 0 Å². The highest BCUT2D eigenvalue weighted by Gasteiger charge is 2.08. The molecule has 0 aliphatic carbocycles. The summed E-state index contributed by atoms with van der Waals surface area (Å²) in [6.07, 6.45) is 0. The molecule has 1 aliphatic rings. The van der Waals surface area contributed by atoms with Gasteiger partial charge in [-0.05, 0) is 0 Å². The molecule has 0 atom stereocenters. The van der Waals surface area contributed by atoms with Crippen molar-refractivity contribution in [3.63, 3.8) is 0 Å². The number of nitrogens with two attached hydrogens (primary N) is 1. The van der Waals surface area contributed by atoms with Crippen molar-refractivity contribution in [2.75, 3.05) is 13.1 Å². The minimum Gasteiger partial charge on any atom is -0.269 e. The van der Waals surface area contributed by atoms with Crippen molar-refractivity contribution in [2.45, 2.75) is 0 Å². The summed E-state index contributed by atoms with van der Waals surface area (Å²) in [5, 5.41) is 1.75. The monoisotopic (exact) mass is 58.1 g/mol. The van der Waals surface area contributed by atoms with Gasteiger partial charge in [0.05, 0.1) is 0 Å². The van der Waals surface area contributed by atoms with Gasteiger partial charge in [0.25, 0.3) is 0 Å². The van der Waals surface area contributed by atoms with E-state index in [1.165, 1.54) is 0 Å². The Labute approximate surface area is 25.2 Å². The Kier molecular flexibility index (Phi) is 0.242. The Bertz CT molecular complexity index is 23.2. The molecule has 0 radical (unpaired) electrons. The van der Waals surface area contributed by atoms with Crippen molar-refractivity contribution in [1.29, 1.82) is 0 Å². The summed E-state index contributed by atoms with van der Waals surface area (Å²) >= 11 is 0. The molecule has 2 heteroatoms. The molecular formula is C2H6N2. The van der Waals surface area contributed by atoms with E-state index in [0.717, 1.165) is 13.1 Å². The van der Waals surface area contributed by atoms with Crippen LogP contribution in [0.15, 0.2) is 0 Å². The van der Waals surface area contributed by atoms with Crippen LogP contribution >= 0.6 is 0 Å². The third kappa shape index (κ3) is 0.191. The first-order chi connectivity index (χ1) is 1.89. The standard InChI is InChI=1S/C2H6N2/c3-4-1-2-4/h1-3H2. The van der Waals surface area contributed by atoms with Crippen LogP contribution in [0.5, 0.6) is 0 Å². The second kappa shape index (κ2) is 0.445. The average Bonchev–Trinajstić information content (AvgIpc) is 1.75.